The van der Waals surface area contributed by atoms with Gasteiger partial charge in [-0.1, -0.05) is 0 Å². The van der Waals surface area contributed by atoms with Crippen LogP contribution in [0, 0.1) is 13.8 Å². The Kier molecular flexibility index (Phi) is 6.87. The number of likely N-dealkylation sites (N-methyl/N-ethyl adjacent to an activating group) is 1. The summed E-state index contributed by atoms with van der Waals surface area (Å²) in [4.78, 5) is 2.56. The van der Waals surface area contributed by atoms with Crippen LogP contribution in [0.15, 0.2) is 36.4 Å². The van der Waals surface area contributed by atoms with Crippen LogP contribution < -0.4 is 22.1 Å². The number of piperazine rings is 1. The molecule has 0 aliphatic carbocycles. The largest absolute Gasteiger partial charge is 0.399 e. The van der Waals surface area contributed by atoms with Gasteiger partial charge in [0.15, 0.2) is 0 Å². The van der Waals surface area contributed by atoms with E-state index in [0.29, 0.717) is 0 Å². The molecule has 0 atom stereocenters. The summed E-state index contributed by atoms with van der Waals surface area (Å²) in [7, 11) is 2.38. The minimum atomic E-state index is 0.852. The zero-order valence-electron chi connectivity index (χ0n) is 18.2. The lowest BCUT2D eigenvalue weighted by molar-refractivity contribution is -0.912. The third-order valence-electron chi connectivity index (χ3n) is 6.19. The van der Waals surface area contributed by atoms with E-state index in [1.54, 1.807) is 0 Å². The van der Waals surface area contributed by atoms with Gasteiger partial charge in [-0.25, -0.2) is 0 Å². The molecule has 0 radical (unpaired) electrons. The minimum absolute atomic E-state index is 0.852. The first-order chi connectivity index (χ1) is 13.8. The van der Waals surface area contributed by atoms with Crippen LogP contribution in [-0.4, -0.2) is 68.8 Å². The number of aryl methyl sites for hydroxylation is 2. The highest BCUT2D eigenvalue weighted by atomic mass is 15.4. The Hall–Kier alpha value is -2.44. The number of anilines is 4. The molecule has 1 aliphatic heterocycles. The van der Waals surface area contributed by atoms with Crippen LogP contribution in [0.5, 0.6) is 0 Å². The Bertz CT molecular complexity index is 811. The van der Waals surface area contributed by atoms with E-state index in [2.05, 4.69) is 53.8 Å². The number of benzene rings is 2. The molecule has 0 aromatic heterocycles. The molecule has 2 aromatic carbocycles. The lowest BCUT2D eigenvalue weighted by atomic mass is 10.2. The second-order valence-corrected chi connectivity index (χ2v) is 8.63. The van der Waals surface area contributed by atoms with Crippen molar-refractivity contribution < 1.29 is 4.48 Å². The van der Waals surface area contributed by atoms with Gasteiger partial charge in [0.25, 0.3) is 0 Å². The Morgan fingerprint density at radius 2 is 1.38 bits per heavy atom. The van der Waals surface area contributed by atoms with Crippen molar-refractivity contribution in [2.24, 2.45) is 0 Å². The lowest BCUT2D eigenvalue weighted by Gasteiger charge is -2.42. The third-order valence-corrected chi connectivity index (χ3v) is 6.19. The molecule has 0 saturated carbocycles. The third kappa shape index (κ3) is 6.02. The molecule has 1 aliphatic rings. The van der Waals surface area contributed by atoms with Crippen molar-refractivity contribution in [3.05, 3.63) is 47.5 Å². The molecule has 6 heteroatoms. The zero-order chi connectivity index (χ0) is 20.9. The molecular formula is C23H37N6+. The molecule has 6 N–H and O–H groups in total. The first-order valence-corrected chi connectivity index (χ1v) is 10.6. The fourth-order valence-electron chi connectivity index (χ4n) is 3.84. The highest BCUT2D eigenvalue weighted by molar-refractivity contribution is 5.57. The summed E-state index contributed by atoms with van der Waals surface area (Å²) >= 11 is 0. The van der Waals surface area contributed by atoms with E-state index in [-0.39, 0.29) is 0 Å². The molecule has 0 amide bonds. The molecule has 1 heterocycles. The molecule has 6 nitrogen and oxygen atoms in total. The van der Waals surface area contributed by atoms with E-state index >= 15 is 0 Å². The number of nitrogens with two attached hydrogens (primary N) is 2. The van der Waals surface area contributed by atoms with Gasteiger partial charge in [-0.3, -0.25) is 4.90 Å². The van der Waals surface area contributed by atoms with E-state index in [4.69, 9.17) is 11.5 Å². The summed E-state index contributed by atoms with van der Waals surface area (Å²) in [5.41, 5.74) is 18.1. The van der Waals surface area contributed by atoms with Crippen LogP contribution in [0.4, 0.5) is 22.7 Å². The molecule has 0 spiro atoms. The number of hydrogen-bond acceptors (Lipinski definition) is 5. The molecule has 2 aromatic rings. The molecule has 0 unspecified atom stereocenters. The van der Waals surface area contributed by atoms with Crippen molar-refractivity contribution in [2.45, 2.75) is 13.8 Å². The summed E-state index contributed by atoms with van der Waals surface area (Å²) in [6, 6.07) is 12.3. The summed E-state index contributed by atoms with van der Waals surface area (Å²) < 4.78 is 1.13. The topological polar surface area (TPSA) is 79.3 Å². The van der Waals surface area contributed by atoms with Crippen molar-refractivity contribution in [3.63, 3.8) is 0 Å². The Morgan fingerprint density at radius 1 is 0.862 bits per heavy atom. The van der Waals surface area contributed by atoms with Gasteiger partial charge in [0.05, 0.1) is 33.2 Å². The quantitative estimate of drug-likeness (QED) is 0.407. The molecule has 29 heavy (non-hydrogen) atoms. The van der Waals surface area contributed by atoms with E-state index < -0.39 is 0 Å². The van der Waals surface area contributed by atoms with Crippen molar-refractivity contribution in [1.29, 1.82) is 0 Å². The maximum absolute atomic E-state index is 5.90. The predicted octanol–water partition coefficient (Wildman–Crippen LogP) is 2.75. The highest BCUT2D eigenvalue weighted by Gasteiger charge is 2.27. The summed E-state index contributed by atoms with van der Waals surface area (Å²) in [6.45, 7) is 13.0. The van der Waals surface area contributed by atoms with Gasteiger partial charge in [-0.05, 0) is 61.4 Å². The van der Waals surface area contributed by atoms with Gasteiger partial charge >= 0.3 is 0 Å². The molecule has 3 rings (SSSR count). The first kappa shape index (κ1) is 21.3. The van der Waals surface area contributed by atoms with Crippen LogP contribution in [0.2, 0.25) is 0 Å². The predicted molar refractivity (Wildman–Crippen MR) is 125 cm³/mol. The highest BCUT2D eigenvalue weighted by Crippen LogP contribution is 2.18. The number of nitrogens with one attached hydrogen (secondary N) is 2. The summed E-state index contributed by atoms with van der Waals surface area (Å²) in [5, 5.41) is 7.07. The van der Waals surface area contributed by atoms with E-state index in [0.717, 1.165) is 77.6 Å². The van der Waals surface area contributed by atoms with Crippen LogP contribution in [0.3, 0.4) is 0 Å². The Balaban J connectivity index is 1.36. The molecule has 0 bridgehead atoms. The lowest BCUT2D eigenvalue weighted by Crippen LogP contribution is -2.59. The maximum atomic E-state index is 5.90. The van der Waals surface area contributed by atoms with E-state index in [1.807, 2.05) is 19.1 Å². The van der Waals surface area contributed by atoms with Gasteiger partial charge in [0, 0.05) is 48.9 Å². The van der Waals surface area contributed by atoms with Crippen LogP contribution in [0.1, 0.15) is 11.1 Å². The van der Waals surface area contributed by atoms with Crippen molar-refractivity contribution in [1.82, 2.24) is 4.90 Å². The summed E-state index contributed by atoms with van der Waals surface area (Å²) in [6.07, 6.45) is 0. The standard InChI is InChI=1S/C23H37N6/c1-18-16-20(4-6-22(18)24)26-8-10-28-11-14-29(3,15-12-28)13-9-27-21-5-7-23(25)19(2)17-21/h4-7,16-17,26-27H,8-15,24-25H2,1-3H3/q+1. The van der Waals surface area contributed by atoms with Crippen LogP contribution in [-0.2, 0) is 0 Å². The molecule has 1 saturated heterocycles. The average molecular weight is 398 g/mol. The van der Waals surface area contributed by atoms with E-state index in [1.165, 1.54) is 13.1 Å². The SMILES string of the molecule is Cc1cc(NCCN2CC[N+](C)(CCNc3ccc(N)c(C)c3)CC2)ccc1N. The fraction of sp³-hybridized carbons (Fsp3) is 0.478. The Labute approximate surface area is 175 Å². The van der Waals surface area contributed by atoms with Gasteiger partial charge in [-0.2, -0.15) is 0 Å². The number of hydrogen-bond donors (Lipinski definition) is 4. The minimum Gasteiger partial charge on any atom is -0.399 e. The van der Waals surface area contributed by atoms with Gasteiger partial charge in [-0.15, -0.1) is 0 Å². The number of nitrogen functional groups attached to an aromatic ring is 2. The van der Waals surface area contributed by atoms with Gasteiger partial charge < -0.3 is 26.6 Å². The first-order valence-electron chi connectivity index (χ1n) is 10.6. The van der Waals surface area contributed by atoms with Gasteiger partial charge in [0.2, 0.25) is 0 Å². The smallest absolute Gasteiger partial charge is 0.0960 e. The maximum Gasteiger partial charge on any atom is 0.0960 e. The molecule has 1 fully saturated rings. The molecule has 158 valence electrons. The van der Waals surface area contributed by atoms with Crippen molar-refractivity contribution >= 4 is 22.7 Å². The summed E-state index contributed by atoms with van der Waals surface area (Å²) in [5.74, 6) is 0. The van der Waals surface area contributed by atoms with Crippen molar-refractivity contribution in [3.8, 4) is 0 Å². The zero-order valence-corrected chi connectivity index (χ0v) is 18.2. The van der Waals surface area contributed by atoms with Crippen LogP contribution >= 0.6 is 0 Å². The molecular weight excluding hydrogens is 360 g/mol. The van der Waals surface area contributed by atoms with E-state index in [9.17, 15) is 0 Å². The second kappa shape index (κ2) is 9.37. The normalized spacial score (nSPS) is 16.5. The fourth-order valence-corrected chi connectivity index (χ4v) is 3.84. The second-order valence-electron chi connectivity index (χ2n) is 8.63. The average Bonchev–Trinajstić information content (AvgIpc) is 2.69. The van der Waals surface area contributed by atoms with Crippen LogP contribution in [0.25, 0.3) is 0 Å². The number of quaternary nitrogens is 1. The van der Waals surface area contributed by atoms with Crippen molar-refractivity contribution in [2.75, 3.05) is 81.5 Å². The monoisotopic (exact) mass is 397 g/mol. The number of rotatable bonds is 8. The van der Waals surface area contributed by atoms with Gasteiger partial charge in [0.1, 0.15) is 0 Å². The number of nitrogens with zero attached hydrogens (tertiary/aromatic N) is 2. The Morgan fingerprint density at radius 3 is 1.90 bits per heavy atom.